The Bertz CT molecular complexity index is 553. The summed E-state index contributed by atoms with van der Waals surface area (Å²) in [6.07, 6.45) is 2.01. The third-order valence-corrected chi connectivity index (χ3v) is 2.53. The monoisotopic (exact) mass is 228 g/mol. The Hall–Kier alpha value is -2.36. The van der Waals surface area contributed by atoms with E-state index in [4.69, 9.17) is 10.8 Å². The Balaban J connectivity index is 2.37. The quantitative estimate of drug-likeness (QED) is 0.787. The minimum atomic E-state index is -0.970. The molecule has 1 aromatic carbocycles. The van der Waals surface area contributed by atoms with Gasteiger partial charge in [0.05, 0.1) is 11.3 Å². The normalized spacial score (nSPS) is 10.1. The summed E-state index contributed by atoms with van der Waals surface area (Å²) in [5.41, 5.74) is 8.09. The number of para-hydroxylation sites is 1. The van der Waals surface area contributed by atoms with Crippen molar-refractivity contribution in [3.05, 3.63) is 59.4 Å². The number of aromatic carboxylic acids is 1. The molecule has 17 heavy (non-hydrogen) atoms. The van der Waals surface area contributed by atoms with Gasteiger partial charge in [-0.1, -0.05) is 18.2 Å². The van der Waals surface area contributed by atoms with Gasteiger partial charge in [-0.05, 0) is 23.8 Å². The molecule has 86 valence electrons. The third kappa shape index (κ3) is 2.42. The number of nitrogens with two attached hydrogens (primary N) is 1. The van der Waals surface area contributed by atoms with Crippen LogP contribution in [-0.2, 0) is 6.42 Å². The molecule has 0 saturated carbocycles. The lowest BCUT2D eigenvalue weighted by atomic mass is 10.0. The van der Waals surface area contributed by atoms with Crippen molar-refractivity contribution in [3.63, 3.8) is 0 Å². The van der Waals surface area contributed by atoms with Crippen molar-refractivity contribution >= 4 is 11.7 Å². The molecule has 0 unspecified atom stereocenters. The van der Waals surface area contributed by atoms with Gasteiger partial charge in [-0.3, -0.25) is 4.98 Å². The predicted octanol–water partition coefficient (Wildman–Crippen LogP) is 1.95. The molecule has 0 amide bonds. The molecule has 0 aliphatic rings. The lowest BCUT2D eigenvalue weighted by Gasteiger charge is -2.07. The summed E-state index contributed by atoms with van der Waals surface area (Å²) < 4.78 is 0. The minimum Gasteiger partial charge on any atom is -0.478 e. The van der Waals surface area contributed by atoms with Gasteiger partial charge in [0, 0.05) is 18.3 Å². The summed E-state index contributed by atoms with van der Waals surface area (Å²) in [5, 5.41) is 9.04. The van der Waals surface area contributed by atoms with Gasteiger partial charge in [0.25, 0.3) is 0 Å². The molecule has 4 nitrogen and oxygen atoms in total. The molecule has 0 fully saturated rings. The van der Waals surface area contributed by atoms with E-state index in [9.17, 15) is 4.79 Å². The average Bonchev–Trinajstić information content (AvgIpc) is 2.32. The van der Waals surface area contributed by atoms with Gasteiger partial charge in [-0.15, -0.1) is 0 Å². The third-order valence-electron chi connectivity index (χ3n) is 2.53. The standard InChI is InChI=1S/C13H12N2O2/c14-11-6-2-1-4-9(11)8-12-10(13(16)17)5-3-7-15-12/h1-7H,8,14H2,(H,16,17). The molecule has 0 atom stereocenters. The number of anilines is 1. The Morgan fingerprint density at radius 3 is 2.71 bits per heavy atom. The van der Waals surface area contributed by atoms with Crippen molar-refractivity contribution in [2.45, 2.75) is 6.42 Å². The van der Waals surface area contributed by atoms with E-state index in [0.717, 1.165) is 5.56 Å². The van der Waals surface area contributed by atoms with Crippen molar-refractivity contribution in [2.24, 2.45) is 0 Å². The van der Waals surface area contributed by atoms with Gasteiger partial charge < -0.3 is 10.8 Å². The van der Waals surface area contributed by atoms with Crippen molar-refractivity contribution in [1.29, 1.82) is 0 Å². The highest BCUT2D eigenvalue weighted by Gasteiger charge is 2.11. The first kappa shape index (κ1) is 11.1. The second-order valence-corrected chi connectivity index (χ2v) is 3.68. The maximum absolute atomic E-state index is 11.0. The zero-order valence-electron chi connectivity index (χ0n) is 9.13. The van der Waals surface area contributed by atoms with Gasteiger partial charge in [0.2, 0.25) is 0 Å². The molecule has 0 saturated heterocycles. The number of hydrogen-bond donors (Lipinski definition) is 2. The summed E-state index contributed by atoms with van der Waals surface area (Å²) in [6, 6.07) is 10.5. The van der Waals surface area contributed by atoms with Crippen LogP contribution in [0.15, 0.2) is 42.6 Å². The Morgan fingerprint density at radius 1 is 1.24 bits per heavy atom. The number of carboxylic acid groups (broad SMARTS) is 1. The molecule has 0 radical (unpaired) electrons. The van der Waals surface area contributed by atoms with E-state index in [2.05, 4.69) is 4.98 Å². The fourth-order valence-corrected chi connectivity index (χ4v) is 1.65. The number of carbonyl (C=O) groups is 1. The Morgan fingerprint density at radius 2 is 2.00 bits per heavy atom. The van der Waals surface area contributed by atoms with Crippen molar-refractivity contribution < 1.29 is 9.90 Å². The van der Waals surface area contributed by atoms with E-state index in [1.54, 1.807) is 24.4 Å². The van der Waals surface area contributed by atoms with Crippen molar-refractivity contribution in [2.75, 3.05) is 5.73 Å². The first-order valence-corrected chi connectivity index (χ1v) is 5.19. The van der Waals surface area contributed by atoms with Crippen LogP contribution in [-0.4, -0.2) is 16.1 Å². The molecule has 1 heterocycles. The van der Waals surface area contributed by atoms with Gasteiger partial charge in [0.15, 0.2) is 0 Å². The van der Waals surface area contributed by atoms with Crippen LogP contribution >= 0.6 is 0 Å². The highest BCUT2D eigenvalue weighted by atomic mass is 16.4. The number of aromatic nitrogens is 1. The zero-order chi connectivity index (χ0) is 12.3. The molecular weight excluding hydrogens is 216 g/mol. The van der Waals surface area contributed by atoms with E-state index in [1.807, 2.05) is 18.2 Å². The summed E-state index contributed by atoms with van der Waals surface area (Å²) >= 11 is 0. The van der Waals surface area contributed by atoms with Gasteiger partial charge in [0.1, 0.15) is 0 Å². The fraction of sp³-hybridized carbons (Fsp3) is 0.0769. The predicted molar refractivity (Wildman–Crippen MR) is 64.9 cm³/mol. The lowest BCUT2D eigenvalue weighted by molar-refractivity contribution is 0.0695. The summed E-state index contributed by atoms with van der Waals surface area (Å²) in [7, 11) is 0. The van der Waals surface area contributed by atoms with Gasteiger partial charge in [-0.2, -0.15) is 0 Å². The Kier molecular flexibility index (Phi) is 3.05. The molecule has 3 N–H and O–H groups in total. The van der Waals surface area contributed by atoms with E-state index >= 15 is 0 Å². The summed E-state index contributed by atoms with van der Waals surface area (Å²) in [6.45, 7) is 0. The number of rotatable bonds is 3. The molecular formula is C13H12N2O2. The number of hydrogen-bond acceptors (Lipinski definition) is 3. The highest BCUT2D eigenvalue weighted by Crippen LogP contribution is 2.17. The van der Waals surface area contributed by atoms with E-state index < -0.39 is 5.97 Å². The molecule has 0 spiro atoms. The SMILES string of the molecule is Nc1ccccc1Cc1ncccc1C(=O)O. The topological polar surface area (TPSA) is 76.2 Å². The van der Waals surface area contributed by atoms with Crippen LogP contribution < -0.4 is 5.73 Å². The maximum atomic E-state index is 11.0. The average molecular weight is 228 g/mol. The molecule has 2 rings (SSSR count). The summed E-state index contributed by atoms with van der Waals surface area (Å²) in [4.78, 5) is 15.1. The number of nitrogen functional groups attached to an aromatic ring is 1. The fourth-order valence-electron chi connectivity index (χ4n) is 1.65. The molecule has 0 aliphatic carbocycles. The summed E-state index contributed by atoms with van der Waals surface area (Å²) in [5.74, 6) is -0.970. The van der Waals surface area contributed by atoms with Crippen LogP contribution in [0.5, 0.6) is 0 Å². The Labute approximate surface area is 98.7 Å². The molecule has 2 aromatic rings. The number of carboxylic acids is 1. The van der Waals surface area contributed by atoms with Crippen LogP contribution in [0, 0.1) is 0 Å². The zero-order valence-corrected chi connectivity index (χ0v) is 9.13. The lowest BCUT2D eigenvalue weighted by Crippen LogP contribution is -2.06. The van der Waals surface area contributed by atoms with Crippen molar-refractivity contribution in [3.8, 4) is 0 Å². The van der Waals surface area contributed by atoms with Gasteiger partial charge in [-0.25, -0.2) is 4.79 Å². The molecule has 1 aromatic heterocycles. The smallest absolute Gasteiger partial charge is 0.337 e. The van der Waals surface area contributed by atoms with Crippen LogP contribution in [0.1, 0.15) is 21.6 Å². The first-order chi connectivity index (χ1) is 8.18. The van der Waals surface area contributed by atoms with E-state index in [0.29, 0.717) is 17.8 Å². The van der Waals surface area contributed by atoms with Crippen LogP contribution in [0.3, 0.4) is 0 Å². The van der Waals surface area contributed by atoms with Crippen LogP contribution in [0.4, 0.5) is 5.69 Å². The highest BCUT2D eigenvalue weighted by molar-refractivity contribution is 5.88. The molecule has 4 heteroatoms. The van der Waals surface area contributed by atoms with Crippen LogP contribution in [0.25, 0.3) is 0 Å². The van der Waals surface area contributed by atoms with E-state index in [1.165, 1.54) is 0 Å². The van der Waals surface area contributed by atoms with E-state index in [-0.39, 0.29) is 5.56 Å². The first-order valence-electron chi connectivity index (χ1n) is 5.19. The maximum Gasteiger partial charge on any atom is 0.337 e. The molecule has 0 aliphatic heterocycles. The second kappa shape index (κ2) is 4.65. The molecule has 0 bridgehead atoms. The van der Waals surface area contributed by atoms with Crippen LogP contribution in [0.2, 0.25) is 0 Å². The number of pyridine rings is 1. The number of benzene rings is 1. The minimum absolute atomic E-state index is 0.218. The van der Waals surface area contributed by atoms with Crippen molar-refractivity contribution in [1.82, 2.24) is 4.98 Å². The second-order valence-electron chi connectivity index (χ2n) is 3.68. The largest absolute Gasteiger partial charge is 0.478 e. The van der Waals surface area contributed by atoms with Gasteiger partial charge >= 0.3 is 5.97 Å². The number of nitrogens with zero attached hydrogens (tertiary/aromatic N) is 1.